The van der Waals surface area contributed by atoms with Crippen molar-refractivity contribution in [2.75, 3.05) is 7.11 Å². The van der Waals surface area contributed by atoms with Crippen molar-refractivity contribution in [3.8, 4) is 5.75 Å². The second-order valence-corrected chi connectivity index (χ2v) is 4.54. The van der Waals surface area contributed by atoms with Crippen molar-refractivity contribution in [2.45, 2.75) is 9.92 Å². The molecule has 5 heteroatoms. The standard InChI is InChI=1S/C13H11NO3S/c1-17-9-5-7-10(8-6-9)18-12-4-2-3-11(14-12)13(15)16/h2-8H,1H3,(H,15,16). The molecule has 2 rings (SSSR count). The average Bonchev–Trinajstić information content (AvgIpc) is 2.40. The maximum absolute atomic E-state index is 10.8. The van der Waals surface area contributed by atoms with Crippen molar-refractivity contribution in [1.82, 2.24) is 4.98 Å². The van der Waals surface area contributed by atoms with Crippen molar-refractivity contribution in [2.24, 2.45) is 0 Å². The lowest BCUT2D eigenvalue weighted by molar-refractivity contribution is 0.0689. The number of benzene rings is 1. The van der Waals surface area contributed by atoms with E-state index in [1.807, 2.05) is 24.3 Å². The molecule has 0 saturated heterocycles. The molecular weight excluding hydrogens is 250 g/mol. The minimum atomic E-state index is -1.02. The molecule has 0 spiro atoms. The molecule has 1 aromatic heterocycles. The number of methoxy groups -OCH3 is 1. The molecule has 0 saturated carbocycles. The minimum Gasteiger partial charge on any atom is -0.497 e. The molecule has 1 N–H and O–H groups in total. The Labute approximate surface area is 109 Å². The first-order valence-electron chi connectivity index (χ1n) is 5.21. The van der Waals surface area contributed by atoms with Crippen molar-refractivity contribution in [1.29, 1.82) is 0 Å². The second kappa shape index (κ2) is 5.55. The SMILES string of the molecule is COc1ccc(Sc2cccc(C(=O)O)n2)cc1. The molecule has 18 heavy (non-hydrogen) atoms. The van der Waals surface area contributed by atoms with E-state index in [9.17, 15) is 4.79 Å². The Morgan fingerprint density at radius 3 is 2.56 bits per heavy atom. The summed E-state index contributed by atoms with van der Waals surface area (Å²) in [5.74, 6) is -0.237. The number of hydrogen-bond donors (Lipinski definition) is 1. The number of carboxylic acids is 1. The van der Waals surface area contributed by atoms with Crippen LogP contribution in [0, 0.1) is 0 Å². The van der Waals surface area contributed by atoms with Gasteiger partial charge in [-0.05, 0) is 36.4 Å². The Hall–Kier alpha value is -2.01. The molecule has 0 fully saturated rings. The summed E-state index contributed by atoms with van der Waals surface area (Å²) in [7, 11) is 1.61. The monoisotopic (exact) mass is 261 g/mol. The van der Waals surface area contributed by atoms with Gasteiger partial charge in [0.1, 0.15) is 16.5 Å². The minimum absolute atomic E-state index is 0.0495. The highest BCUT2D eigenvalue weighted by molar-refractivity contribution is 7.99. The number of ether oxygens (including phenoxy) is 1. The third kappa shape index (κ3) is 3.01. The van der Waals surface area contributed by atoms with E-state index in [4.69, 9.17) is 9.84 Å². The molecule has 92 valence electrons. The van der Waals surface area contributed by atoms with E-state index in [2.05, 4.69) is 4.98 Å². The third-order valence-electron chi connectivity index (χ3n) is 2.22. The first-order chi connectivity index (χ1) is 8.69. The normalized spacial score (nSPS) is 10.1. The molecule has 1 heterocycles. The fraction of sp³-hybridized carbons (Fsp3) is 0.0769. The maximum Gasteiger partial charge on any atom is 0.354 e. The lowest BCUT2D eigenvalue weighted by Gasteiger charge is -2.03. The summed E-state index contributed by atoms with van der Waals surface area (Å²) < 4.78 is 5.07. The maximum atomic E-state index is 10.8. The van der Waals surface area contributed by atoms with Crippen LogP contribution in [0.2, 0.25) is 0 Å². The quantitative estimate of drug-likeness (QED) is 0.917. The van der Waals surface area contributed by atoms with Gasteiger partial charge in [0.15, 0.2) is 0 Å². The van der Waals surface area contributed by atoms with Gasteiger partial charge in [0.25, 0.3) is 0 Å². The summed E-state index contributed by atoms with van der Waals surface area (Å²) in [4.78, 5) is 15.8. The molecule has 2 aromatic rings. The van der Waals surface area contributed by atoms with Crippen LogP contribution in [0.4, 0.5) is 0 Å². The average molecular weight is 261 g/mol. The predicted octanol–water partition coefficient (Wildman–Crippen LogP) is 2.94. The molecule has 0 atom stereocenters. The fourth-order valence-corrected chi connectivity index (χ4v) is 2.16. The Kier molecular flexibility index (Phi) is 3.84. The summed E-state index contributed by atoms with van der Waals surface area (Å²) >= 11 is 1.41. The number of rotatable bonds is 4. The van der Waals surface area contributed by atoms with Gasteiger partial charge in [0, 0.05) is 4.90 Å². The highest BCUT2D eigenvalue weighted by Gasteiger charge is 2.06. The zero-order valence-electron chi connectivity index (χ0n) is 9.66. The number of carbonyl (C=O) groups is 1. The van der Waals surface area contributed by atoms with Crippen LogP contribution in [-0.2, 0) is 0 Å². The molecule has 0 amide bonds. The van der Waals surface area contributed by atoms with E-state index in [1.54, 1.807) is 19.2 Å². The number of aromatic carboxylic acids is 1. The first-order valence-corrected chi connectivity index (χ1v) is 6.03. The Bertz CT molecular complexity index is 554. The third-order valence-corrected chi connectivity index (χ3v) is 3.17. The Morgan fingerprint density at radius 1 is 1.22 bits per heavy atom. The molecular formula is C13H11NO3S. The summed E-state index contributed by atoms with van der Waals surface area (Å²) in [6, 6.07) is 12.4. The van der Waals surface area contributed by atoms with Crippen molar-refractivity contribution in [3.05, 3.63) is 48.2 Å². The molecule has 4 nitrogen and oxygen atoms in total. The highest BCUT2D eigenvalue weighted by atomic mass is 32.2. The molecule has 1 aromatic carbocycles. The van der Waals surface area contributed by atoms with Crippen LogP contribution in [0.15, 0.2) is 52.4 Å². The number of aromatic nitrogens is 1. The van der Waals surface area contributed by atoms with Crippen LogP contribution in [0.25, 0.3) is 0 Å². The van der Waals surface area contributed by atoms with Gasteiger partial charge in [-0.1, -0.05) is 17.8 Å². The topological polar surface area (TPSA) is 59.4 Å². The second-order valence-electron chi connectivity index (χ2n) is 3.44. The van der Waals surface area contributed by atoms with Crippen molar-refractivity contribution in [3.63, 3.8) is 0 Å². The first kappa shape index (κ1) is 12.4. The van der Waals surface area contributed by atoms with E-state index in [-0.39, 0.29) is 5.69 Å². The highest BCUT2D eigenvalue weighted by Crippen LogP contribution is 2.27. The van der Waals surface area contributed by atoms with Crippen LogP contribution in [0.5, 0.6) is 5.75 Å². The summed E-state index contributed by atoms with van der Waals surface area (Å²) in [6.45, 7) is 0. The van der Waals surface area contributed by atoms with Gasteiger partial charge in [-0.2, -0.15) is 0 Å². The molecule has 0 aliphatic heterocycles. The van der Waals surface area contributed by atoms with Gasteiger partial charge in [-0.15, -0.1) is 0 Å². The van der Waals surface area contributed by atoms with Gasteiger partial charge in [-0.3, -0.25) is 0 Å². The van der Waals surface area contributed by atoms with E-state index in [0.29, 0.717) is 5.03 Å². The van der Waals surface area contributed by atoms with Crippen molar-refractivity contribution < 1.29 is 14.6 Å². The van der Waals surface area contributed by atoms with Crippen LogP contribution in [-0.4, -0.2) is 23.2 Å². The van der Waals surface area contributed by atoms with Crippen LogP contribution >= 0.6 is 11.8 Å². The van der Waals surface area contributed by atoms with Gasteiger partial charge in [0.2, 0.25) is 0 Å². The van der Waals surface area contributed by atoms with E-state index in [0.717, 1.165) is 10.6 Å². The van der Waals surface area contributed by atoms with Crippen LogP contribution in [0.3, 0.4) is 0 Å². The number of pyridine rings is 1. The summed E-state index contributed by atoms with van der Waals surface area (Å²) in [5, 5.41) is 9.51. The smallest absolute Gasteiger partial charge is 0.354 e. The van der Waals surface area contributed by atoms with Gasteiger partial charge in [0.05, 0.1) is 7.11 Å². The van der Waals surface area contributed by atoms with Crippen molar-refractivity contribution >= 4 is 17.7 Å². The lowest BCUT2D eigenvalue weighted by Crippen LogP contribution is -1.99. The van der Waals surface area contributed by atoms with Gasteiger partial charge < -0.3 is 9.84 Å². The Balaban J connectivity index is 2.17. The van der Waals surface area contributed by atoms with Gasteiger partial charge in [-0.25, -0.2) is 9.78 Å². The largest absolute Gasteiger partial charge is 0.497 e. The molecule has 0 radical (unpaired) electrons. The van der Waals surface area contributed by atoms with Gasteiger partial charge >= 0.3 is 5.97 Å². The molecule has 0 bridgehead atoms. The van der Waals surface area contributed by atoms with Crippen LogP contribution < -0.4 is 4.74 Å². The predicted molar refractivity (Wildman–Crippen MR) is 68.3 cm³/mol. The van der Waals surface area contributed by atoms with Crippen LogP contribution in [0.1, 0.15) is 10.5 Å². The zero-order chi connectivity index (χ0) is 13.0. The number of nitrogens with zero attached hydrogens (tertiary/aromatic N) is 1. The lowest BCUT2D eigenvalue weighted by atomic mass is 10.3. The molecule has 0 unspecified atom stereocenters. The molecule has 0 aliphatic carbocycles. The number of carboxylic acid groups (broad SMARTS) is 1. The zero-order valence-corrected chi connectivity index (χ0v) is 10.5. The summed E-state index contributed by atoms with van der Waals surface area (Å²) in [5.41, 5.74) is 0.0495. The molecule has 0 aliphatic rings. The van der Waals surface area contributed by atoms with E-state index >= 15 is 0 Å². The fourth-order valence-electron chi connectivity index (χ4n) is 1.36. The Morgan fingerprint density at radius 2 is 1.94 bits per heavy atom. The van der Waals surface area contributed by atoms with E-state index < -0.39 is 5.97 Å². The van der Waals surface area contributed by atoms with E-state index in [1.165, 1.54) is 17.8 Å². The number of hydrogen-bond acceptors (Lipinski definition) is 4. The summed E-state index contributed by atoms with van der Waals surface area (Å²) in [6.07, 6.45) is 0.